The Bertz CT molecular complexity index is 3050. The lowest BCUT2D eigenvalue weighted by Gasteiger charge is -2.38. The Kier molecular flexibility index (Phi) is 65.2. The lowest BCUT2D eigenvalue weighted by Crippen LogP contribution is -2.61. The second-order valence-electron chi connectivity index (χ2n) is 26.5. The van der Waals surface area contributed by atoms with Gasteiger partial charge >= 0.3 is 17.9 Å². The number of aliphatic hydroxyl groups excluding tert-OH is 6. The number of nitrogens with one attached hydrogen (secondary N) is 2. The molecule has 124 heavy (non-hydrogen) atoms. The average molecular weight is 1790 g/mol. The molecule has 2 aliphatic heterocycles. The molecule has 0 bridgehead atoms. The number of aliphatic hydroxyl groups is 6. The third-order valence-corrected chi connectivity index (χ3v) is 16.9. The number of amides is 3. The maximum absolute atomic E-state index is 13.4. The van der Waals surface area contributed by atoms with Crippen LogP contribution in [-0.2, 0) is 156 Å². The predicted octanol–water partition coefficient (Wildman–Crippen LogP) is -3.87. The number of carboxylic acids is 1. The minimum absolute atomic E-state index is 0.0169. The Morgan fingerprint density at radius 2 is 0.661 bits per heavy atom. The first-order valence-corrected chi connectivity index (χ1v) is 41.1. The Hall–Kier alpha value is -6.38. The molecule has 3 amide bonds. The van der Waals surface area contributed by atoms with E-state index in [-0.39, 0.29) is 200 Å². The highest BCUT2D eigenvalue weighted by atomic mass is 16.7. The number of nitrogens with zero attached hydrogens (tertiary/aromatic N) is 1. The fourth-order valence-electron chi connectivity index (χ4n) is 10.4. The van der Waals surface area contributed by atoms with Crippen molar-refractivity contribution in [1.82, 2.24) is 15.5 Å². The molecule has 2 aromatic rings. The van der Waals surface area contributed by atoms with Crippen LogP contribution in [0.1, 0.15) is 45.7 Å². The van der Waals surface area contributed by atoms with E-state index in [4.69, 9.17) is 134 Å². The van der Waals surface area contributed by atoms with E-state index in [1.165, 1.54) is 44.2 Å². The summed E-state index contributed by atoms with van der Waals surface area (Å²) < 4.78 is 149. The fourth-order valence-corrected chi connectivity index (χ4v) is 10.4. The van der Waals surface area contributed by atoms with Crippen LogP contribution in [0, 0.1) is 0 Å². The molecule has 2 saturated heterocycles. The quantitative estimate of drug-likeness (QED) is 0.0172. The lowest BCUT2D eigenvalue weighted by molar-refractivity contribution is -0.271. The molecule has 0 aromatic heterocycles. The number of carboxylic acid groups (broad SMARTS) is 1. The number of benzene rings is 2. The number of aliphatic carboxylic acids is 1. The van der Waals surface area contributed by atoms with Crippen molar-refractivity contribution in [2.75, 3.05) is 317 Å². The molecule has 714 valence electrons. The molecule has 9 atom stereocenters. The highest BCUT2D eigenvalue weighted by molar-refractivity contribution is 5.97. The standard InChI is InChI=1S/C79H132N4O41/c1-59(84)118-55-61-3-5-66(122-78-72(91)69(88)65(86)57-120-78)63(53-61)75(93)81-7-11-97-15-19-101-23-27-105-29-25-103-21-17-99-13-9-83(68(87)58-117-50-49-115-46-45-113-42-41-111-38-37-109-34-33-107-31-32-108-35-36-110-39-40-112-43-44-114-47-48-116-51-52-121-80)10-14-100-18-22-104-26-30-106-28-24-102-20-16-98-12-8-82-76(94)64-54-62(56-119-60(2)85)4-6-67(64)123-79-73(92)70(89)71(90)74(124-79)77(95)96/h3-6,53-54,65,69-74,78-79,86,88-92H,7-52,55-58,80H2,1-2H3,(H,81,93)(H,82,94)(H,95,96)/t65-,69+,70+,71+,72-,73-,74+,78+,79-/m1/s1. The molecule has 0 spiro atoms. The molecule has 2 aliphatic rings. The molecule has 45 nitrogen and oxygen atoms in total. The van der Waals surface area contributed by atoms with Crippen LogP contribution in [0.15, 0.2) is 36.4 Å². The molecule has 0 saturated carbocycles. The van der Waals surface area contributed by atoms with Gasteiger partial charge in [-0.3, -0.25) is 24.0 Å². The monoisotopic (exact) mass is 1790 g/mol. The second kappa shape index (κ2) is 73.5. The molecule has 4 rings (SSSR count). The van der Waals surface area contributed by atoms with E-state index in [0.29, 0.717) is 170 Å². The first kappa shape index (κ1) is 110. The normalized spacial score (nSPS) is 18.3. The zero-order chi connectivity index (χ0) is 89.5. The zero-order valence-electron chi connectivity index (χ0n) is 71.1. The number of hydrogen-bond donors (Lipinski definition) is 10. The summed E-state index contributed by atoms with van der Waals surface area (Å²) in [6.45, 7) is 16.0. The van der Waals surface area contributed by atoms with E-state index in [9.17, 15) is 64.5 Å². The van der Waals surface area contributed by atoms with Gasteiger partial charge in [0.05, 0.1) is 295 Å². The van der Waals surface area contributed by atoms with E-state index in [1.54, 1.807) is 11.0 Å². The summed E-state index contributed by atoms with van der Waals surface area (Å²) >= 11 is 0. The summed E-state index contributed by atoms with van der Waals surface area (Å²) in [4.78, 5) is 80.4. The van der Waals surface area contributed by atoms with Gasteiger partial charge in [0.2, 0.25) is 18.5 Å². The maximum atomic E-state index is 13.4. The van der Waals surface area contributed by atoms with Crippen molar-refractivity contribution >= 4 is 35.6 Å². The van der Waals surface area contributed by atoms with E-state index >= 15 is 0 Å². The number of hydrogen-bond acceptors (Lipinski definition) is 41. The van der Waals surface area contributed by atoms with Crippen LogP contribution in [0.4, 0.5) is 0 Å². The van der Waals surface area contributed by atoms with E-state index in [0.717, 1.165) is 0 Å². The highest BCUT2D eigenvalue weighted by Crippen LogP contribution is 2.29. The summed E-state index contributed by atoms with van der Waals surface area (Å²) in [6, 6.07) is 8.59. The van der Waals surface area contributed by atoms with Crippen molar-refractivity contribution in [3.05, 3.63) is 58.7 Å². The lowest BCUT2D eigenvalue weighted by atomic mass is 9.99. The van der Waals surface area contributed by atoms with E-state index in [2.05, 4.69) is 15.5 Å². The topological polar surface area (TPSA) is 556 Å². The Morgan fingerprint density at radius 1 is 0.371 bits per heavy atom. The van der Waals surface area contributed by atoms with E-state index < -0.39 is 85.0 Å². The second-order valence-corrected chi connectivity index (χ2v) is 26.5. The molecule has 2 aromatic carbocycles. The predicted molar refractivity (Wildman–Crippen MR) is 426 cm³/mol. The van der Waals surface area contributed by atoms with Crippen LogP contribution >= 0.6 is 0 Å². The fraction of sp³-hybridized carbons (Fsp3) is 0.772. The summed E-state index contributed by atoms with van der Waals surface area (Å²) in [5.74, 6) is 0.570. The van der Waals surface area contributed by atoms with Crippen LogP contribution in [0.5, 0.6) is 11.5 Å². The van der Waals surface area contributed by atoms with Gasteiger partial charge in [-0.1, -0.05) is 12.1 Å². The largest absolute Gasteiger partial charge is 0.479 e. The minimum atomic E-state index is -1.96. The molecule has 2 heterocycles. The first-order valence-electron chi connectivity index (χ1n) is 41.1. The number of esters is 2. The van der Waals surface area contributed by atoms with Gasteiger partial charge < -0.3 is 184 Å². The molecule has 0 radical (unpaired) electrons. The number of carbonyl (C=O) groups is 6. The maximum Gasteiger partial charge on any atom is 0.335 e. The molecule has 45 heteroatoms. The minimum Gasteiger partial charge on any atom is -0.479 e. The van der Waals surface area contributed by atoms with Crippen molar-refractivity contribution < 1.29 is 197 Å². The van der Waals surface area contributed by atoms with Gasteiger partial charge in [0.1, 0.15) is 67.9 Å². The molecule has 0 unspecified atom stereocenters. The van der Waals surface area contributed by atoms with Crippen molar-refractivity contribution in [1.29, 1.82) is 0 Å². The van der Waals surface area contributed by atoms with Crippen LogP contribution in [0.3, 0.4) is 0 Å². The molecule has 11 N–H and O–H groups in total. The van der Waals surface area contributed by atoms with Gasteiger partial charge in [-0.2, -0.15) is 0 Å². The van der Waals surface area contributed by atoms with Gasteiger partial charge in [-0.25, -0.2) is 10.7 Å². The molecule has 2 fully saturated rings. The molecular formula is C79H132N4O41. The number of rotatable bonds is 82. The SMILES string of the molecule is CC(=O)OCc1ccc(O[C@@H]2O[C@H](C(=O)O)[C@@H](O)[C@H](O)[C@H]2O)c(C(=O)NCCOCCOCCOCCOCCOCCN(CCOCCOCCOCCOCCOCCNC(=O)c2cc(COC(C)=O)ccc2O[C@@H]2OC[C@@H](O)[C@H](O)[C@H]2O)C(=O)COCCOCCOCCOCCOCCOCCOCCOCCOCCOCCOCCON)c1. The van der Waals surface area contributed by atoms with Crippen molar-refractivity contribution in [3.8, 4) is 11.5 Å². The van der Waals surface area contributed by atoms with Gasteiger partial charge in [0, 0.05) is 40.0 Å². The zero-order valence-corrected chi connectivity index (χ0v) is 71.1. The van der Waals surface area contributed by atoms with E-state index in [1.807, 2.05) is 0 Å². The number of carbonyl (C=O) groups excluding carboxylic acids is 5. The van der Waals surface area contributed by atoms with Crippen LogP contribution < -0.4 is 26.0 Å². The molecular weight excluding hydrogens is 1660 g/mol. The van der Waals surface area contributed by atoms with Gasteiger partial charge in [-0.15, -0.1) is 0 Å². The Labute approximate surface area is 721 Å². The van der Waals surface area contributed by atoms with Gasteiger partial charge in [0.15, 0.2) is 6.10 Å². The van der Waals surface area contributed by atoms with Crippen molar-refractivity contribution in [2.45, 2.75) is 82.4 Å². The van der Waals surface area contributed by atoms with Gasteiger partial charge in [-0.05, 0) is 35.4 Å². The Morgan fingerprint density at radius 3 is 0.976 bits per heavy atom. The van der Waals surface area contributed by atoms with Gasteiger partial charge in [0.25, 0.3) is 11.8 Å². The Balaban J connectivity index is 1.02. The average Bonchev–Trinajstić information content (AvgIpc) is 0.797. The number of nitrogens with two attached hydrogens (primary N) is 1. The molecule has 0 aliphatic carbocycles. The van der Waals surface area contributed by atoms with Crippen LogP contribution in [-0.4, -0.2) is 448 Å². The van der Waals surface area contributed by atoms with Crippen LogP contribution in [0.2, 0.25) is 0 Å². The highest BCUT2D eigenvalue weighted by Gasteiger charge is 2.48. The first-order chi connectivity index (χ1) is 60.4. The summed E-state index contributed by atoms with van der Waals surface area (Å²) in [5.41, 5.74) is 0.822. The third kappa shape index (κ3) is 53.4. The summed E-state index contributed by atoms with van der Waals surface area (Å²) in [7, 11) is 0. The summed E-state index contributed by atoms with van der Waals surface area (Å²) in [5, 5.41) is 75.9. The van der Waals surface area contributed by atoms with Crippen LogP contribution in [0.25, 0.3) is 0 Å². The van der Waals surface area contributed by atoms with Crippen molar-refractivity contribution in [3.63, 3.8) is 0 Å². The smallest absolute Gasteiger partial charge is 0.335 e. The van der Waals surface area contributed by atoms with Crippen molar-refractivity contribution in [2.24, 2.45) is 5.90 Å². The summed E-state index contributed by atoms with van der Waals surface area (Å²) in [6.07, 6.45) is -15.3. The number of ether oxygens (including phenoxy) is 27. The third-order valence-electron chi connectivity index (χ3n) is 16.9.